The van der Waals surface area contributed by atoms with Crippen molar-refractivity contribution >= 4 is 40.1 Å². The van der Waals surface area contributed by atoms with E-state index in [1.54, 1.807) is 0 Å². The Morgan fingerprint density at radius 1 is 1.21 bits per heavy atom. The first-order valence-electron chi connectivity index (χ1n) is 9.86. The van der Waals surface area contributed by atoms with Gasteiger partial charge in [-0.2, -0.15) is 0 Å². The van der Waals surface area contributed by atoms with E-state index in [0.29, 0.717) is 5.75 Å². The van der Waals surface area contributed by atoms with Crippen LogP contribution in [0.1, 0.15) is 19.4 Å². The molecule has 2 unspecified atom stereocenters. The molecule has 29 heavy (non-hydrogen) atoms. The molecule has 0 spiro atoms. The number of aromatic nitrogens is 2. The molecule has 152 valence electrons. The summed E-state index contributed by atoms with van der Waals surface area (Å²) in [5.41, 5.74) is 5.04. The Bertz CT molecular complexity index is 992. The second-order valence-electron chi connectivity index (χ2n) is 7.61. The number of H-pyrrole nitrogens is 1. The molecule has 2 N–H and O–H groups in total. The minimum atomic E-state index is -0.0481. The van der Waals surface area contributed by atoms with E-state index in [0.717, 1.165) is 40.7 Å². The molecule has 2 atom stereocenters. The maximum Gasteiger partial charge on any atom is 0.234 e. The van der Waals surface area contributed by atoms with Gasteiger partial charge in [0.25, 0.3) is 0 Å². The lowest BCUT2D eigenvalue weighted by Gasteiger charge is -2.36. The number of ether oxygens (including phenoxy) is 1. The van der Waals surface area contributed by atoms with Gasteiger partial charge in [-0.05, 0) is 62.7 Å². The molecule has 3 aromatic rings. The Balaban J connectivity index is 1.32. The lowest BCUT2D eigenvalue weighted by atomic mass is 10.2. The predicted octanol–water partition coefficient (Wildman–Crippen LogP) is 4.22. The molecule has 1 saturated heterocycles. The summed E-state index contributed by atoms with van der Waals surface area (Å²) in [5.74, 6) is 0.256. The van der Waals surface area contributed by atoms with Crippen LogP contribution in [0.2, 0.25) is 0 Å². The van der Waals surface area contributed by atoms with Gasteiger partial charge in [-0.3, -0.25) is 4.79 Å². The van der Waals surface area contributed by atoms with Crippen molar-refractivity contribution < 1.29 is 9.53 Å². The maximum absolute atomic E-state index is 12.3. The van der Waals surface area contributed by atoms with Crippen LogP contribution in [0.15, 0.2) is 47.6 Å². The Morgan fingerprint density at radius 3 is 2.66 bits per heavy atom. The Hall–Kier alpha value is -2.51. The van der Waals surface area contributed by atoms with E-state index in [2.05, 4.69) is 52.2 Å². The third-order valence-electron chi connectivity index (χ3n) is 4.89. The van der Waals surface area contributed by atoms with Crippen molar-refractivity contribution in [3.63, 3.8) is 0 Å². The zero-order valence-corrected chi connectivity index (χ0v) is 17.8. The molecule has 7 heteroatoms. The summed E-state index contributed by atoms with van der Waals surface area (Å²) >= 11 is 1.40. The first kappa shape index (κ1) is 19.8. The zero-order valence-electron chi connectivity index (χ0n) is 16.9. The summed E-state index contributed by atoms with van der Waals surface area (Å²) in [7, 11) is 0. The number of rotatable bonds is 5. The number of fused-ring (bicyclic) bond motifs is 1. The van der Waals surface area contributed by atoms with Crippen molar-refractivity contribution in [1.82, 2.24) is 9.97 Å². The van der Waals surface area contributed by atoms with Crippen molar-refractivity contribution in [2.24, 2.45) is 0 Å². The van der Waals surface area contributed by atoms with Crippen LogP contribution < -0.4 is 10.2 Å². The van der Waals surface area contributed by atoms with Gasteiger partial charge < -0.3 is 19.9 Å². The third-order valence-corrected chi connectivity index (χ3v) is 5.76. The van der Waals surface area contributed by atoms with Crippen molar-refractivity contribution in [3.05, 3.63) is 48.0 Å². The van der Waals surface area contributed by atoms with E-state index in [-0.39, 0.29) is 18.1 Å². The van der Waals surface area contributed by atoms with E-state index in [4.69, 9.17) is 4.74 Å². The van der Waals surface area contributed by atoms with Crippen molar-refractivity contribution in [2.75, 3.05) is 29.1 Å². The summed E-state index contributed by atoms with van der Waals surface area (Å²) in [6, 6.07) is 14.1. The number of carbonyl (C=O) groups is 1. The molecule has 4 rings (SSSR count). The second-order valence-corrected chi connectivity index (χ2v) is 8.57. The Labute approximate surface area is 175 Å². The van der Waals surface area contributed by atoms with Gasteiger partial charge in [0, 0.05) is 24.5 Å². The molecule has 0 aliphatic carbocycles. The summed E-state index contributed by atoms with van der Waals surface area (Å²) in [6.45, 7) is 8.00. The highest BCUT2D eigenvalue weighted by molar-refractivity contribution is 7.99. The molecule has 1 aliphatic rings. The number of anilines is 2. The molecular weight excluding hydrogens is 384 g/mol. The average molecular weight is 411 g/mol. The molecule has 6 nitrogen and oxygen atoms in total. The van der Waals surface area contributed by atoms with Crippen LogP contribution in [0.4, 0.5) is 11.4 Å². The Morgan fingerprint density at radius 2 is 1.93 bits per heavy atom. The summed E-state index contributed by atoms with van der Waals surface area (Å²) in [4.78, 5) is 22.4. The van der Waals surface area contributed by atoms with E-state index in [1.165, 1.54) is 17.3 Å². The van der Waals surface area contributed by atoms with E-state index in [1.807, 2.05) is 31.2 Å². The van der Waals surface area contributed by atoms with Crippen molar-refractivity contribution in [3.8, 4) is 0 Å². The minimum Gasteiger partial charge on any atom is -0.372 e. The van der Waals surface area contributed by atoms with Crippen LogP contribution >= 0.6 is 11.8 Å². The molecule has 0 radical (unpaired) electrons. The first-order valence-corrected chi connectivity index (χ1v) is 10.8. The van der Waals surface area contributed by atoms with E-state index < -0.39 is 0 Å². The summed E-state index contributed by atoms with van der Waals surface area (Å²) in [6.07, 6.45) is 0.439. The molecule has 0 saturated carbocycles. The Kier molecular flexibility index (Phi) is 5.78. The second kappa shape index (κ2) is 8.47. The number of imidazole rings is 1. The number of morpholine rings is 1. The lowest BCUT2D eigenvalue weighted by Crippen LogP contribution is -2.45. The monoisotopic (exact) mass is 410 g/mol. The highest BCUT2D eigenvalue weighted by Gasteiger charge is 2.22. The van der Waals surface area contributed by atoms with Gasteiger partial charge in [-0.25, -0.2) is 4.98 Å². The smallest absolute Gasteiger partial charge is 0.234 e. The normalized spacial score (nSPS) is 19.5. The number of nitrogens with zero attached hydrogens (tertiary/aromatic N) is 2. The van der Waals surface area contributed by atoms with Crippen LogP contribution in [0.3, 0.4) is 0 Å². The van der Waals surface area contributed by atoms with E-state index in [9.17, 15) is 4.79 Å². The van der Waals surface area contributed by atoms with Crippen LogP contribution in [-0.2, 0) is 9.53 Å². The standard InChI is InChI=1S/C22H26N4O2S/c1-14-4-9-19-20(10-14)25-22(24-19)29-13-21(27)23-17-5-7-18(8-6-17)26-11-15(2)28-16(3)12-26/h4-10,15-16H,11-13H2,1-3H3,(H,23,27)(H,24,25). The zero-order chi connectivity index (χ0) is 20.4. The van der Waals surface area contributed by atoms with Gasteiger partial charge in [0.05, 0.1) is 29.0 Å². The van der Waals surface area contributed by atoms with Gasteiger partial charge in [0.15, 0.2) is 5.16 Å². The number of thioether (sulfide) groups is 1. The number of aromatic amines is 1. The quantitative estimate of drug-likeness (QED) is 0.617. The van der Waals surface area contributed by atoms with Crippen molar-refractivity contribution in [2.45, 2.75) is 38.1 Å². The molecule has 1 aromatic heterocycles. The number of amides is 1. The average Bonchev–Trinajstić information content (AvgIpc) is 3.08. The largest absolute Gasteiger partial charge is 0.372 e. The van der Waals surface area contributed by atoms with Crippen molar-refractivity contribution in [1.29, 1.82) is 0 Å². The van der Waals surface area contributed by atoms with Crippen LogP contribution in [-0.4, -0.2) is 46.9 Å². The number of carbonyl (C=O) groups excluding carboxylic acids is 1. The number of hydrogen-bond donors (Lipinski definition) is 2. The van der Waals surface area contributed by atoms with Gasteiger partial charge in [0.2, 0.25) is 5.91 Å². The molecule has 1 amide bonds. The highest BCUT2D eigenvalue weighted by atomic mass is 32.2. The van der Waals surface area contributed by atoms with Gasteiger partial charge in [-0.15, -0.1) is 0 Å². The molecular formula is C22H26N4O2S. The summed E-state index contributed by atoms with van der Waals surface area (Å²) in [5, 5.41) is 3.71. The fourth-order valence-electron chi connectivity index (χ4n) is 3.64. The molecule has 2 heterocycles. The molecule has 0 bridgehead atoms. The topological polar surface area (TPSA) is 70.2 Å². The third kappa shape index (κ3) is 4.92. The van der Waals surface area contributed by atoms with Gasteiger partial charge >= 0.3 is 0 Å². The molecule has 1 aliphatic heterocycles. The van der Waals surface area contributed by atoms with Gasteiger partial charge in [-0.1, -0.05) is 17.8 Å². The van der Waals surface area contributed by atoms with Gasteiger partial charge in [0.1, 0.15) is 0 Å². The first-order chi connectivity index (χ1) is 14.0. The maximum atomic E-state index is 12.3. The fourth-order valence-corrected chi connectivity index (χ4v) is 4.33. The van der Waals surface area contributed by atoms with Crippen LogP contribution in [0.25, 0.3) is 11.0 Å². The van der Waals surface area contributed by atoms with Crippen LogP contribution in [0.5, 0.6) is 0 Å². The fraction of sp³-hybridized carbons (Fsp3) is 0.364. The summed E-state index contributed by atoms with van der Waals surface area (Å²) < 4.78 is 5.79. The number of nitrogens with one attached hydrogen (secondary N) is 2. The molecule has 1 fully saturated rings. The number of hydrogen-bond acceptors (Lipinski definition) is 5. The SMILES string of the molecule is Cc1ccc2nc(SCC(=O)Nc3ccc(N4CC(C)OC(C)C4)cc3)[nH]c2c1. The van der Waals surface area contributed by atoms with E-state index >= 15 is 0 Å². The lowest BCUT2D eigenvalue weighted by molar-refractivity contribution is -0.113. The minimum absolute atomic E-state index is 0.0481. The van der Waals surface area contributed by atoms with Crippen LogP contribution in [0, 0.1) is 6.92 Å². The predicted molar refractivity (Wildman–Crippen MR) is 119 cm³/mol. The number of aryl methyl sites for hydroxylation is 1. The number of benzene rings is 2. The highest BCUT2D eigenvalue weighted by Crippen LogP contribution is 2.23. The molecule has 2 aromatic carbocycles.